The van der Waals surface area contributed by atoms with Gasteiger partial charge in [0.05, 0.1) is 11.5 Å². The second kappa shape index (κ2) is 7.95. The van der Waals surface area contributed by atoms with Crippen LogP contribution < -0.4 is 0 Å². The molecule has 0 saturated carbocycles. The van der Waals surface area contributed by atoms with E-state index in [1.807, 2.05) is 0 Å². The average Bonchev–Trinajstić information content (AvgIpc) is 2.97. The molecule has 0 aliphatic carbocycles. The maximum Gasteiger partial charge on any atom is 0.272 e. The largest absolute Gasteiger partial charge is 0.340 e. The zero-order valence-electron chi connectivity index (χ0n) is 14.9. The van der Waals surface area contributed by atoms with Gasteiger partial charge in [0.2, 0.25) is 0 Å². The molecule has 0 aromatic carbocycles. The van der Waals surface area contributed by atoms with Crippen LogP contribution in [0.4, 0.5) is 0 Å². The van der Waals surface area contributed by atoms with E-state index in [4.69, 9.17) is 0 Å². The lowest BCUT2D eigenvalue weighted by Crippen LogP contribution is -2.38. The molecule has 2 heterocycles. The van der Waals surface area contributed by atoms with Crippen molar-refractivity contribution in [2.24, 2.45) is 0 Å². The maximum absolute atomic E-state index is 12.6. The normalized spacial score (nSPS) is 18.8. The van der Waals surface area contributed by atoms with Crippen LogP contribution in [0.5, 0.6) is 0 Å². The van der Waals surface area contributed by atoms with Gasteiger partial charge in [-0.1, -0.05) is 19.4 Å². The minimum absolute atomic E-state index is 0.0202. The van der Waals surface area contributed by atoms with Gasteiger partial charge in [-0.05, 0) is 25.0 Å². The van der Waals surface area contributed by atoms with Gasteiger partial charge < -0.3 is 9.80 Å². The lowest BCUT2D eigenvalue weighted by Gasteiger charge is -2.23. The number of unbranched alkanes of at least 4 members (excludes halogenated alkanes) is 1. The Hall–Kier alpha value is -1.96. The third-order valence-electron chi connectivity index (χ3n) is 4.46. The van der Waals surface area contributed by atoms with E-state index in [0.29, 0.717) is 13.0 Å². The molecule has 1 atom stereocenters. The van der Waals surface area contributed by atoms with E-state index in [1.165, 1.54) is 4.90 Å². The van der Waals surface area contributed by atoms with Gasteiger partial charge in [0, 0.05) is 26.7 Å². The van der Waals surface area contributed by atoms with Crippen molar-refractivity contribution in [3.05, 3.63) is 29.6 Å². The van der Waals surface area contributed by atoms with Crippen molar-refractivity contribution < 1.29 is 18.0 Å². The lowest BCUT2D eigenvalue weighted by atomic mass is 10.2. The maximum atomic E-state index is 12.6. The standard InChI is InChI=1S/C17H25N3O4S/c1-4-5-10-19(2)16(21)14-7-6-8-15(18-14)17(22)20(3)13-9-11-25(23,24)12-13/h6-8,13H,4-5,9-12H2,1-3H3. The van der Waals surface area contributed by atoms with Gasteiger partial charge in [0.25, 0.3) is 11.8 Å². The SMILES string of the molecule is CCCCN(C)C(=O)c1cccc(C(=O)N(C)C2CCS(=O)(=O)C2)n1. The molecule has 0 bridgehead atoms. The van der Waals surface area contributed by atoms with E-state index in [9.17, 15) is 18.0 Å². The van der Waals surface area contributed by atoms with Gasteiger partial charge in [-0.2, -0.15) is 0 Å². The Bertz CT molecular complexity index is 748. The van der Waals surface area contributed by atoms with Gasteiger partial charge >= 0.3 is 0 Å². The highest BCUT2D eigenvalue weighted by atomic mass is 32.2. The van der Waals surface area contributed by atoms with Gasteiger partial charge in [-0.25, -0.2) is 13.4 Å². The summed E-state index contributed by atoms with van der Waals surface area (Å²) >= 11 is 0. The van der Waals surface area contributed by atoms with Crippen LogP contribution >= 0.6 is 0 Å². The number of sulfone groups is 1. The highest BCUT2D eigenvalue weighted by molar-refractivity contribution is 7.91. The van der Waals surface area contributed by atoms with Crippen molar-refractivity contribution in [2.45, 2.75) is 32.2 Å². The molecule has 138 valence electrons. The molecule has 2 rings (SSSR count). The van der Waals surface area contributed by atoms with Crippen LogP contribution in [0.25, 0.3) is 0 Å². The molecule has 7 nitrogen and oxygen atoms in total. The van der Waals surface area contributed by atoms with Crippen molar-refractivity contribution in [1.82, 2.24) is 14.8 Å². The molecular formula is C17H25N3O4S. The molecule has 1 aromatic heterocycles. The molecule has 0 radical (unpaired) electrons. The quantitative estimate of drug-likeness (QED) is 0.754. The number of carbonyl (C=O) groups is 2. The number of amides is 2. The molecular weight excluding hydrogens is 342 g/mol. The molecule has 8 heteroatoms. The Labute approximate surface area is 148 Å². The summed E-state index contributed by atoms with van der Waals surface area (Å²) in [6.45, 7) is 2.68. The Balaban J connectivity index is 2.12. The molecule has 1 aromatic rings. The molecule has 1 aliphatic heterocycles. The first kappa shape index (κ1) is 19.4. The van der Waals surface area contributed by atoms with Crippen molar-refractivity contribution in [2.75, 3.05) is 32.1 Å². The predicted molar refractivity (Wildman–Crippen MR) is 95.3 cm³/mol. The number of pyridine rings is 1. The van der Waals surface area contributed by atoms with Gasteiger partial charge in [0.15, 0.2) is 9.84 Å². The fraction of sp³-hybridized carbons (Fsp3) is 0.588. The van der Waals surface area contributed by atoms with E-state index < -0.39 is 9.84 Å². The fourth-order valence-electron chi connectivity index (χ4n) is 2.79. The number of hydrogen-bond acceptors (Lipinski definition) is 5. The predicted octanol–water partition coefficient (Wildman–Crippen LogP) is 1.21. The first-order valence-electron chi connectivity index (χ1n) is 8.45. The summed E-state index contributed by atoms with van der Waals surface area (Å²) in [6.07, 6.45) is 2.32. The van der Waals surface area contributed by atoms with E-state index >= 15 is 0 Å². The zero-order chi connectivity index (χ0) is 18.6. The summed E-state index contributed by atoms with van der Waals surface area (Å²) in [7, 11) is 0.220. The molecule has 1 saturated heterocycles. The van der Waals surface area contributed by atoms with Crippen molar-refractivity contribution in [3.63, 3.8) is 0 Å². The Morgan fingerprint density at radius 1 is 1.20 bits per heavy atom. The molecule has 0 N–H and O–H groups in total. The number of carbonyl (C=O) groups excluding carboxylic acids is 2. The van der Waals surface area contributed by atoms with Crippen molar-refractivity contribution in [3.8, 4) is 0 Å². The van der Waals surface area contributed by atoms with E-state index in [-0.39, 0.29) is 40.7 Å². The second-order valence-electron chi connectivity index (χ2n) is 6.46. The van der Waals surface area contributed by atoms with Crippen LogP contribution in [0.3, 0.4) is 0 Å². The van der Waals surface area contributed by atoms with Crippen LogP contribution in [0.1, 0.15) is 47.2 Å². The zero-order valence-corrected chi connectivity index (χ0v) is 15.8. The summed E-state index contributed by atoms with van der Waals surface area (Å²) in [6, 6.07) is 4.42. The van der Waals surface area contributed by atoms with E-state index in [2.05, 4.69) is 11.9 Å². The van der Waals surface area contributed by atoms with Gasteiger partial charge in [-0.15, -0.1) is 0 Å². The Morgan fingerprint density at radius 3 is 2.40 bits per heavy atom. The average molecular weight is 367 g/mol. The Morgan fingerprint density at radius 2 is 1.84 bits per heavy atom. The van der Waals surface area contributed by atoms with Gasteiger partial charge in [0.1, 0.15) is 11.4 Å². The third-order valence-corrected chi connectivity index (χ3v) is 6.21. The first-order chi connectivity index (χ1) is 11.7. The molecule has 1 fully saturated rings. The molecule has 25 heavy (non-hydrogen) atoms. The highest BCUT2D eigenvalue weighted by Gasteiger charge is 2.33. The van der Waals surface area contributed by atoms with Gasteiger partial charge in [-0.3, -0.25) is 9.59 Å². The summed E-state index contributed by atoms with van der Waals surface area (Å²) in [4.78, 5) is 32.2. The van der Waals surface area contributed by atoms with Crippen LogP contribution in [-0.2, 0) is 9.84 Å². The molecule has 1 aliphatic rings. The summed E-state index contributed by atoms with van der Waals surface area (Å²) < 4.78 is 23.2. The minimum Gasteiger partial charge on any atom is -0.340 e. The molecule has 1 unspecified atom stereocenters. The first-order valence-corrected chi connectivity index (χ1v) is 10.3. The molecule has 0 spiro atoms. The second-order valence-corrected chi connectivity index (χ2v) is 8.69. The van der Waals surface area contributed by atoms with Crippen LogP contribution in [0, 0.1) is 0 Å². The summed E-state index contributed by atoms with van der Waals surface area (Å²) in [5.41, 5.74) is 0.374. The van der Waals surface area contributed by atoms with Crippen molar-refractivity contribution >= 4 is 21.7 Å². The van der Waals surface area contributed by atoms with Crippen LogP contribution in [0.15, 0.2) is 18.2 Å². The monoisotopic (exact) mass is 367 g/mol. The fourth-order valence-corrected chi connectivity index (χ4v) is 4.57. The summed E-state index contributed by atoms with van der Waals surface area (Å²) in [5, 5.41) is 0. The topological polar surface area (TPSA) is 87.7 Å². The third kappa shape index (κ3) is 4.78. The van der Waals surface area contributed by atoms with E-state index in [1.54, 1.807) is 37.2 Å². The Kier molecular flexibility index (Phi) is 6.16. The number of hydrogen-bond donors (Lipinski definition) is 0. The van der Waals surface area contributed by atoms with Crippen LogP contribution in [0.2, 0.25) is 0 Å². The molecule has 2 amide bonds. The number of rotatable bonds is 6. The van der Waals surface area contributed by atoms with E-state index in [0.717, 1.165) is 12.8 Å². The number of aromatic nitrogens is 1. The lowest BCUT2D eigenvalue weighted by molar-refractivity contribution is 0.0740. The number of nitrogens with zero attached hydrogens (tertiary/aromatic N) is 3. The smallest absolute Gasteiger partial charge is 0.272 e. The minimum atomic E-state index is -3.07. The highest BCUT2D eigenvalue weighted by Crippen LogP contribution is 2.18. The summed E-state index contributed by atoms with van der Waals surface area (Å²) in [5.74, 6) is -0.515. The van der Waals surface area contributed by atoms with Crippen LogP contribution in [-0.4, -0.2) is 73.2 Å². The van der Waals surface area contributed by atoms with Crippen molar-refractivity contribution in [1.29, 1.82) is 0 Å².